The fourth-order valence-electron chi connectivity index (χ4n) is 1.84. The molecule has 2 aromatic rings. The first-order valence-corrected chi connectivity index (χ1v) is 6.80. The van der Waals surface area contributed by atoms with Crippen LogP contribution in [0.5, 0.6) is 0 Å². The van der Waals surface area contributed by atoms with Crippen molar-refractivity contribution >= 4 is 27.5 Å². The zero-order valence-corrected chi connectivity index (χ0v) is 12.7. The van der Waals surface area contributed by atoms with Gasteiger partial charge in [0.15, 0.2) is 0 Å². The normalized spacial score (nSPS) is 10.1. The van der Waals surface area contributed by atoms with E-state index in [4.69, 9.17) is 5.26 Å². The molecule has 102 valence electrons. The van der Waals surface area contributed by atoms with Crippen LogP contribution in [-0.2, 0) is 11.3 Å². The molecule has 1 N–H and O–H groups in total. The number of amides is 1. The molecule has 0 fully saturated rings. The Morgan fingerprint density at radius 1 is 1.45 bits per heavy atom. The topological polar surface area (TPSA) is 70.7 Å². The number of para-hydroxylation sites is 1. The molecule has 6 heteroatoms. The molecular formula is C14H13BrN4O. The molecule has 0 saturated carbocycles. The Balaban J connectivity index is 2.14. The van der Waals surface area contributed by atoms with Gasteiger partial charge in [-0.1, -0.05) is 12.1 Å². The van der Waals surface area contributed by atoms with Gasteiger partial charge >= 0.3 is 0 Å². The van der Waals surface area contributed by atoms with Gasteiger partial charge in [0.05, 0.1) is 27.1 Å². The molecule has 0 radical (unpaired) electrons. The third-order valence-corrected chi connectivity index (χ3v) is 4.06. The highest BCUT2D eigenvalue weighted by molar-refractivity contribution is 9.10. The van der Waals surface area contributed by atoms with Crippen LogP contribution >= 0.6 is 15.9 Å². The predicted molar refractivity (Wildman–Crippen MR) is 79.2 cm³/mol. The van der Waals surface area contributed by atoms with Crippen molar-refractivity contribution in [1.82, 2.24) is 9.78 Å². The molecule has 5 nitrogen and oxygen atoms in total. The third kappa shape index (κ3) is 2.89. The molecule has 1 aromatic heterocycles. The fourth-order valence-corrected chi connectivity index (χ4v) is 2.13. The standard InChI is InChI=1S/C14H13BrN4O/c1-9-14(15)10(2)19(18-9)8-13(20)17-12-6-4-3-5-11(12)7-16/h3-6H,8H2,1-2H3,(H,17,20). The number of hydrogen-bond acceptors (Lipinski definition) is 3. The average molecular weight is 333 g/mol. The molecule has 0 aliphatic rings. The second-order valence-electron chi connectivity index (χ2n) is 4.35. The summed E-state index contributed by atoms with van der Waals surface area (Å²) >= 11 is 3.42. The first-order valence-electron chi connectivity index (χ1n) is 6.01. The number of nitrogens with one attached hydrogen (secondary N) is 1. The van der Waals surface area contributed by atoms with Crippen LogP contribution in [0, 0.1) is 25.2 Å². The van der Waals surface area contributed by atoms with Crippen LogP contribution in [0.4, 0.5) is 5.69 Å². The molecule has 0 atom stereocenters. The second kappa shape index (κ2) is 5.88. The highest BCUT2D eigenvalue weighted by Crippen LogP contribution is 2.20. The van der Waals surface area contributed by atoms with E-state index in [0.29, 0.717) is 11.3 Å². The molecule has 20 heavy (non-hydrogen) atoms. The van der Waals surface area contributed by atoms with Gasteiger partial charge < -0.3 is 5.32 Å². The molecule has 1 heterocycles. The Bertz CT molecular complexity index is 700. The maximum atomic E-state index is 12.0. The summed E-state index contributed by atoms with van der Waals surface area (Å²) in [5.41, 5.74) is 2.69. The minimum Gasteiger partial charge on any atom is -0.323 e. The second-order valence-corrected chi connectivity index (χ2v) is 5.14. The number of hydrogen-bond donors (Lipinski definition) is 1. The van der Waals surface area contributed by atoms with Gasteiger partial charge in [-0.25, -0.2) is 0 Å². The minimum absolute atomic E-state index is 0.109. The molecular weight excluding hydrogens is 320 g/mol. The summed E-state index contributed by atoms with van der Waals surface area (Å²) < 4.78 is 2.53. The van der Waals surface area contributed by atoms with E-state index in [1.165, 1.54) is 0 Å². The largest absolute Gasteiger partial charge is 0.323 e. The van der Waals surface area contributed by atoms with E-state index in [-0.39, 0.29) is 12.5 Å². The van der Waals surface area contributed by atoms with Gasteiger partial charge in [0.1, 0.15) is 12.6 Å². The first-order chi connectivity index (χ1) is 9.52. The van der Waals surface area contributed by atoms with Gasteiger partial charge in [-0.15, -0.1) is 0 Å². The Morgan fingerprint density at radius 2 is 2.15 bits per heavy atom. The highest BCUT2D eigenvalue weighted by atomic mass is 79.9. The van der Waals surface area contributed by atoms with Crippen molar-refractivity contribution in [2.45, 2.75) is 20.4 Å². The molecule has 0 aliphatic heterocycles. The monoisotopic (exact) mass is 332 g/mol. The number of carbonyl (C=O) groups excluding carboxylic acids is 1. The zero-order chi connectivity index (χ0) is 14.7. The van der Waals surface area contributed by atoms with Crippen molar-refractivity contribution in [3.63, 3.8) is 0 Å². The van der Waals surface area contributed by atoms with Gasteiger partial charge in [-0.05, 0) is 41.9 Å². The van der Waals surface area contributed by atoms with E-state index < -0.39 is 0 Å². The Morgan fingerprint density at radius 3 is 2.75 bits per heavy atom. The van der Waals surface area contributed by atoms with Crippen molar-refractivity contribution < 1.29 is 4.79 Å². The number of aromatic nitrogens is 2. The van der Waals surface area contributed by atoms with E-state index in [9.17, 15) is 4.79 Å². The van der Waals surface area contributed by atoms with Gasteiger partial charge in [0, 0.05) is 0 Å². The Hall–Kier alpha value is -2.13. The number of rotatable bonds is 3. The van der Waals surface area contributed by atoms with Crippen molar-refractivity contribution in [1.29, 1.82) is 5.26 Å². The lowest BCUT2D eigenvalue weighted by molar-refractivity contribution is -0.116. The van der Waals surface area contributed by atoms with Gasteiger partial charge in [0.25, 0.3) is 0 Å². The highest BCUT2D eigenvalue weighted by Gasteiger charge is 2.12. The van der Waals surface area contributed by atoms with E-state index in [0.717, 1.165) is 15.9 Å². The summed E-state index contributed by atoms with van der Waals surface area (Å²) in [4.78, 5) is 12.0. The molecule has 0 saturated heterocycles. The van der Waals surface area contributed by atoms with Crippen LogP contribution in [0.3, 0.4) is 0 Å². The Labute approximate surface area is 125 Å². The maximum Gasteiger partial charge on any atom is 0.246 e. The number of nitrogens with zero attached hydrogens (tertiary/aromatic N) is 3. The Kier molecular flexibility index (Phi) is 4.20. The number of carbonyl (C=O) groups is 1. The average Bonchev–Trinajstić information content (AvgIpc) is 2.67. The molecule has 0 unspecified atom stereocenters. The van der Waals surface area contributed by atoms with Crippen molar-refractivity contribution in [3.8, 4) is 6.07 Å². The van der Waals surface area contributed by atoms with Gasteiger partial charge in [-0.2, -0.15) is 10.4 Å². The number of nitriles is 1. The van der Waals surface area contributed by atoms with Crippen LogP contribution < -0.4 is 5.32 Å². The SMILES string of the molecule is Cc1nn(CC(=O)Nc2ccccc2C#N)c(C)c1Br. The smallest absolute Gasteiger partial charge is 0.246 e. The number of benzene rings is 1. The van der Waals surface area contributed by atoms with Crippen LogP contribution in [0.2, 0.25) is 0 Å². The maximum absolute atomic E-state index is 12.0. The summed E-state index contributed by atoms with van der Waals surface area (Å²) in [6.45, 7) is 3.87. The van der Waals surface area contributed by atoms with E-state index in [1.807, 2.05) is 19.9 Å². The third-order valence-electron chi connectivity index (χ3n) is 2.91. The quantitative estimate of drug-likeness (QED) is 0.939. The van der Waals surface area contributed by atoms with Gasteiger partial charge in [-0.3, -0.25) is 9.48 Å². The lowest BCUT2D eigenvalue weighted by atomic mass is 10.2. The molecule has 1 aromatic carbocycles. The summed E-state index contributed by atoms with van der Waals surface area (Å²) in [7, 11) is 0. The van der Waals surface area contributed by atoms with Crippen molar-refractivity contribution in [2.75, 3.05) is 5.32 Å². The molecule has 2 rings (SSSR count). The van der Waals surface area contributed by atoms with Crippen LogP contribution in [0.1, 0.15) is 17.0 Å². The number of anilines is 1. The van der Waals surface area contributed by atoms with Crippen LogP contribution in [-0.4, -0.2) is 15.7 Å². The van der Waals surface area contributed by atoms with E-state index >= 15 is 0 Å². The first kappa shape index (κ1) is 14.3. The van der Waals surface area contributed by atoms with Crippen LogP contribution in [0.15, 0.2) is 28.7 Å². The predicted octanol–water partition coefficient (Wildman–Crippen LogP) is 2.77. The lowest BCUT2D eigenvalue weighted by Gasteiger charge is -2.08. The summed E-state index contributed by atoms with van der Waals surface area (Å²) in [6.07, 6.45) is 0. The fraction of sp³-hybridized carbons (Fsp3) is 0.214. The van der Waals surface area contributed by atoms with Crippen LogP contribution in [0.25, 0.3) is 0 Å². The van der Waals surface area contributed by atoms with Crippen molar-refractivity contribution in [2.24, 2.45) is 0 Å². The lowest BCUT2D eigenvalue weighted by Crippen LogP contribution is -2.20. The summed E-state index contributed by atoms with van der Waals surface area (Å²) in [5.74, 6) is -0.217. The summed E-state index contributed by atoms with van der Waals surface area (Å²) in [6, 6.07) is 8.94. The molecule has 0 aliphatic carbocycles. The van der Waals surface area contributed by atoms with E-state index in [2.05, 4.69) is 26.3 Å². The van der Waals surface area contributed by atoms with Gasteiger partial charge in [0.2, 0.25) is 5.91 Å². The zero-order valence-electron chi connectivity index (χ0n) is 11.1. The molecule has 0 spiro atoms. The number of halogens is 1. The summed E-state index contributed by atoms with van der Waals surface area (Å²) in [5, 5.41) is 16.0. The van der Waals surface area contributed by atoms with Crippen molar-refractivity contribution in [3.05, 3.63) is 45.7 Å². The molecule has 1 amide bonds. The van der Waals surface area contributed by atoms with E-state index in [1.54, 1.807) is 28.9 Å². The molecule has 0 bridgehead atoms. The minimum atomic E-state index is -0.217. The number of aryl methyl sites for hydroxylation is 1.